The van der Waals surface area contributed by atoms with Gasteiger partial charge in [-0.25, -0.2) is 8.42 Å². The summed E-state index contributed by atoms with van der Waals surface area (Å²) in [7, 11) is -3.50. The first-order chi connectivity index (χ1) is 13.0. The summed E-state index contributed by atoms with van der Waals surface area (Å²) in [4.78, 5) is 13.0. The standard InChI is InChI=1S/C20H24N2O3S2/c23-19(21-20(11-6-12-20)17-8-2-1-3-9-17)16-7-4-13-22(15-16)27(24,25)18-10-5-14-26-18/h1-3,5,8-10,14,16H,4,6-7,11-13,15H2,(H,21,23). The number of benzene rings is 1. The Kier molecular flexibility index (Phi) is 5.09. The second kappa shape index (κ2) is 7.37. The summed E-state index contributed by atoms with van der Waals surface area (Å²) in [6.45, 7) is 0.741. The first-order valence-electron chi connectivity index (χ1n) is 9.42. The zero-order valence-electron chi connectivity index (χ0n) is 15.1. The second-order valence-electron chi connectivity index (χ2n) is 7.43. The molecule has 1 saturated carbocycles. The predicted octanol–water partition coefficient (Wildman–Crippen LogP) is 3.34. The van der Waals surface area contributed by atoms with Gasteiger partial charge in [0.2, 0.25) is 5.91 Å². The summed E-state index contributed by atoms with van der Waals surface area (Å²) >= 11 is 1.22. The molecule has 1 saturated heterocycles. The van der Waals surface area contributed by atoms with E-state index in [1.165, 1.54) is 15.6 Å². The molecule has 2 aromatic rings. The largest absolute Gasteiger partial charge is 0.346 e. The van der Waals surface area contributed by atoms with Gasteiger partial charge in [0.25, 0.3) is 10.0 Å². The lowest BCUT2D eigenvalue weighted by Gasteiger charge is -2.44. The molecule has 27 heavy (non-hydrogen) atoms. The SMILES string of the molecule is O=C(NC1(c2ccccc2)CCC1)C1CCCN(S(=O)(=O)c2cccs2)C1. The molecule has 0 spiro atoms. The highest BCUT2D eigenvalue weighted by molar-refractivity contribution is 7.91. The van der Waals surface area contributed by atoms with E-state index in [0.29, 0.717) is 17.2 Å². The van der Waals surface area contributed by atoms with Crippen LogP contribution in [0.1, 0.15) is 37.7 Å². The summed E-state index contributed by atoms with van der Waals surface area (Å²) < 4.78 is 27.4. The minimum Gasteiger partial charge on any atom is -0.346 e. The van der Waals surface area contributed by atoms with Gasteiger partial charge in [0.15, 0.2) is 0 Å². The first-order valence-corrected chi connectivity index (χ1v) is 11.7. The first kappa shape index (κ1) is 18.7. The van der Waals surface area contributed by atoms with Crippen molar-refractivity contribution in [2.75, 3.05) is 13.1 Å². The average Bonchev–Trinajstić information content (AvgIpc) is 3.21. The maximum Gasteiger partial charge on any atom is 0.252 e. The van der Waals surface area contributed by atoms with Gasteiger partial charge in [-0.05, 0) is 49.1 Å². The monoisotopic (exact) mass is 404 g/mol. The molecule has 0 radical (unpaired) electrons. The van der Waals surface area contributed by atoms with Crippen molar-refractivity contribution in [1.82, 2.24) is 9.62 Å². The maximum absolute atomic E-state index is 13.0. The normalized spacial score (nSPS) is 22.7. The number of nitrogens with one attached hydrogen (secondary N) is 1. The van der Waals surface area contributed by atoms with Crippen molar-refractivity contribution in [3.05, 3.63) is 53.4 Å². The van der Waals surface area contributed by atoms with Crippen LogP contribution in [0, 0.1) is 5.92 Å². The van der Waals surface area contributed by atoms with Gasteiger partial charge in [-0.15, -0.1) is 11.3 Å². The molecule has 1 aromatic heterocycles. The highest BCUT2D eigenvalue weighted by Crippen LogP contribution is 2.41. The van der Waals surface area contributed by atoms with Crippen LogP contribution in [-0.4, -0.2) is 31.7 Å². The van der Waals surface area contributed by atoms with Gasteiger partial charge in [0.1, 0.15) is 4.21 Å². The summed E-state index contributed by atoms with van der Waals surface area (Å²) in [5.41, 5.74) is 0.858. The molecular formula is C20H24N2O3S2. The van der Waals surface area contributed by atoms with Crippen LogP contribution in [0.3, 0.4) is 0 Å². The molecule has 5 nitrogen and oxygen atoms in total. The highest BCUT2D eigenvalue weighted by Gasteiger charge is 2.42. The smallest absolute Gasteiger partial charge is 0.252 e. The second-order valence-corrected chi connectivity index (χ2v) is 10.5. The van der Waals surface area contributed by atoms with E-state index in [-0.39, 0.29) is 23.9 Å². The fourth-order valence-electron chi connectivity index (χ4n) is 4.02. The lowest BCUT2D eigenvalue weighted by atomic mass is 9.71. The summed E-state index contributed by atoms with van der Waals surface area (Å²) in [5.74, 6) is -0.320. The average molecular weight is 405 g/mol. The Bertz CT molecular complexity index is 891. The van der Waals surface area contributed by atoms with Crippen molar-refractivity contribution < 1.29 is 13.2 Å². The quantitative estimate of drug-likeness (QED) is 0.831. The molecule has 1 amide bonds. The number of carbonyl (C=O) groups is 1. The minimum absolute atomic E-state index is 0.0235. The molecule has 1 aliphatic heterocycles. The Morgan fingerprint density at radius 1 is 1.11 bits per heavy atom. The van der Waals surface area contributed by atoms with E-state index in [1.54, 1.807) is 17.5 Å². The molecule has 1 aliphatic carbocycles. The molecule has 1 N–H and O–H groups in total. The molecule has 0 bridgehead atoms. The molecule has 1 atom stereocenters. The zero-order chi connectivity index (χ0) is 18.9. The summed E-state index contributed by atoms with van der Waals surface area (Å²) in [6, 6.07) is 13.5. The Morgan fingerprint density at radius 2 is 1.89 bits per heavy atom. The molecule has 144 valence electrons. The lowest BCUT2D eigenvalue weighted by Crippen LogP contribution is -2.54. The number of amides is 1. The number of thiophene rings is 1. The molecular weight excluding hydrogens is 380 g/mol. The number of rotatable bonds is 5. The van der Waals surface area contributed by atoms with Crippen LogP contribution in [0.15, 0.2) is 52.1 Å². The molecule has 2 heterocycles. The third kappa shape index (κ3) is 3.56. The van der Waals surface area contributed by atoms with Crippen LogP contribution in [0.5, 0.6) is 0 Å². The Hall–Kier alpha value is -1.70. The molecule has 1 unspecified atom stereocenters. The maximum atomic E-state index is 13.0. The van der Waals surface area contributed by atoms with Gasteiger partial charge in [0, 0.05) is 13.1 Å². The van der Waals surface area contributed by atoms with Crippen LogP contribution in [0.2, 0.25) is 0 Å². The molecule has 1 aromatic carbocycles. The molecule has 4 rings (SSSR count). The van der Waals surface area contributed by atoms with E-state index in [1.807, 2.05) is 18.2 Å². The van der Waals surface area contributed by atoms with Crippen molar-refractivity contribution in [3.63, 3.8) is 0 Å². The number of hydrogen-bond acceptors (Lipinski definition) is 4. The fourth-order valence-corrected chi connectivity index (χ4v) is 6.69. The summed E-state index contributed by atoms with van der Waals surface area (Å²) in [5, 5.41) is 5.03. The zero-order valence-corrected chi connectivity index (χ0v) is 16.8. The topological polar surface area (TPSA) is 66.5 Å². The Labute approximate surface area is 164 Å². The predicted molar refractivity (Wildman–Crippen MR) is 106 cm³/mol. The van der Waals surface area contributed by atoms with E-state index < -0.39 is 10.0 Å². The van der Waals surface area contributed by atoms with Crippen LogP contribution in [0.25, 0.3) is 0 Å². The van der Waals surface area contributed by atoms with Crippen LogP contribution in [-0.2, 0) is 20.4 Å². The van der Waals surface area contributed by atoms with Crippen LogP contribution < -0.4 is 5.32 Å². The molecule has 2 fully saturated rings. The number of hydrogen-bond donors (Lipinski definition) is 1. The lowest BCUT2D eigenvalue weighted by molar-refractivity contribution is -0.129. The van der Waals surface area contributed by atoms with Gasteiger partial charge in [-0.3, -0.25) is 4.79 Å². The number of nitrogens with zero attached hydrogens (tertiary/aromatic N) is 1. The van der Waals surface area contributed by atoms with Crippen LogP contribution >= 0.6 is 11.3 Å². The molecule has 7 heteroatoms. The van der Waals surface area contributed by atoms with Crippen molar-refractivity contribution in [3.8, 4) is 0 Å². The van der Waals surface area contributed by atoms with Crippen LogP contribution in [0.4, 0.5) is 0 Å². The number of carbonyl (C=O) groups excluding carboxylic acids is 1. The van der Waals surface area contributed by atoms with Gasteiger partial charge in [-0.2, -0.15) is 4.31 Å². The van der Waals surface area contributed by atoms with E-state index in [4.69, 9.17) is 0 Å². The number of piperidine rings is 1. The Balaban J connectivity index is 1.48. The summed E-state index contributed by atoms with van der Waals surface area (Å²) in [6.07, 6.45) is 4.41. The van der Waals surface area contributed by atoms with Crippen molar-refractivity contribution >= 4 is 27.3 Å². The van der Waals surface area contributed by atoms with Gasteiger partial charge in [-0.1, -0.05) is 36.4 Å². The van der Waals surface area contributed by atoms with Crippen molar-refractivity contribution in [2.45, 2.75) is 41.9 Å². The molecule has 2 aliphatic rings. The Morgan fingerprint density at radius 3 is 2.52 bits per heavy atom. The van der Waals surface area contributed by atoms with Gasteiger partial charge in [0.05, 0.1) is 11.5 Å². The van der Waals surface area contributed by atoms with E-state index in [2.05, 4.69) is 17.4 Å². The van der Waals surface area contributed by atoms with E-state index in [0.717, 1.165) is 31.2 Å². The fraction of sp³-hybridized carbons (Fsp3) is 0.450. The minimum atomic E-state index is -3.50. The number of sulfonamides is 1. The van der Waals surface area contributed by atoms with Crippen molar-refractivity contribution in [2.24, 2.45) is 5.92 Å². The van der Waals surface area contributed by atoms with Gasteiger partial charge < -0.3 is 5.32 Å². The van der Waals surface area contributed by atoms with E-state index in [9.17, 15) is 13.2 Å². The third-order valence-electron chi connectivity index (χ3n) is 5.74. The van der Waals surface area contributed by atoms with Crippen molar-refractivity contribution in [1.29, 1.82) is 0 Å². The third-order valence-corrected chi connectivity index (χ3v) is 8.98. The van der Waals surface area contributed by atoms with Gasteiger partial charge >= 0.3 is 0 Å². The van der Waals surface area contributed by atoms with E-state index >= 15 is 0 Å². The highest BCUT2D eigenvalue weighted by atomic mass is 32.2.